The average Bonchev–Trinajstić information content (AvgIpc) is 3.20. The van der Waals surface area contributed by atoms with Crippen LogP contribution in [-0.4, -0.2) is 24.7 Å². The molecule has 2 nitrogen and oxygen atoms in total. The molecule has 134 valence electrons. The van der Waals surface area contributed by atoms with Crippen LogP contribution in [0.2, 0.25) is 0 Å². The minimum atomic E-state index is 0.703. The zero-order valence-corrected chi connectivity index (χ0v) is 16.0. The van der Waals surface area contributed by atoms with Crippen LogP contribution in [0, 0.1) is 23.2 Å². The van der Waals surface area contributed by atoms with Crippen molar-refractivity contribution >= 4 is 0 Å². The van der Waals surface area contributed by atoms with Gasteiger partial charge in [0.1, 0.15) is 0 Å². The molecule has 4 aliphatic rings. The van der Waals surface area contributed by atoms with E-state index in [0.717, 1.165) is 35.9 Å². The van der Waals surface area contributed by atoms with E-state index in [0.29, 0.717) is 5.41 Å². The van der Waals surface area contributed by atoms with E-state index in [4.69, 9.17) is 0 Å². The van der Waals surface area contributed by atoms with Gasteiger partial charge in [0.15, 0.2) is 0 Å². The molecule has 1 spiro atoms. The van der Waals surface area contributed by atoms with E-state index in [2.05, 4.69) is 38.3 Å². The molecule has 2 aliphatic carbocycles. The Morgan fingerprint density at radius 1 is 0.913 bits per heavy atom. The van der Waals surface area contributed by atoms with Crippen molar-refractivity contribution in [1.29, 1.82) is 0 Å². The molecule has 0 bridgehead atoms. The maximum atomic E-state index is 3.68. The van der Waals surface area contributed by atoms with Crippen molar-refractivity contribution in [3.05, 3.63) is 0 Å². The molecule has 2 heteroatoms. The molecule has 0 radical (unpaired) electrons. The lowest BCUT2D eigenvalue weighted by Gasteiger charge is -2.31. The molecule has 6 unspecified atom stereocenters. The molecule has 2 heterocycles. The summed E-state index contributed by atoms with van der Waals surface area (Å²) in [5.74, 6) is 2.94. The molecule has 6 atom stereocenters. The lowest BCUT2D eigenvalue weighted by molar-refractivity contribution is 0.269. The maximum Gasteiger partial charge on any atom is 0.00978 e. The summed E-state index contributed by atoms with van der Waals surface area (Å²) in [7, 11) is 0. The summed E-state index contributed by atoms with van der Waals surface area (Å²) in [5.41, 5.74) is 0.703. The summed E-state index contributed by atoms with van der Waals surface area (Å²) in [6, 6.07) is 2.45. The van der Waals surface area contributed by atoms with E-state index in [1.165, 1.54) is 64.3 Å². The average molecular weight is 321 g/mol. The van der Waals surface area contributed by atoms with Gasteiger partial charge in [0.05, 0.1) is 0 Å². The normalized spacial score (nSPS) is 46.0. The first kappa shape index (κ1) is 17.7. The van der Waals surface area contributed by atoms with Crippen molar-refractivity contribution in [3.8, 4) is 0 Å². The Morgan fingerprint density at radius 3 is 2.39 bits per heavy atom. The van der Waals surface area contributed by atoms with E-state index < -0.39 is 0 Å². The number of hydrogen-bond acceptors (Lipinski definition) is 2. The molecule has 2 N–H and O–H groups in total. The molecule has 2 aliphatic heterocycles. The molecule has 0 aromatic carbocycles. The minimum Gasteiger partial charge on any atom is -0.314 e. The topological polar surface area (TPSA) is 24.1 Å². The van der Waals surface area contributed by atoms with E-state index >= 15 is 0 Å². The van der Waals surface area contributed by atoms with Crippen LogP contribution in [-0.2, 0) is 0 Å². The molecular formula is C21H40N2. The van der Waals surface area contributed by atoms with Gasteiger partial charge in [-0.25, -0.2) is 0 Å². The van der Waals surface area contributed by atoms with Gasteiger partial charge < -0.3 is 10.6 Å². The second-order valence-electron chi connectivity index (χ2n) is 9.68. The maximum absolute atomic E-state index is 3.68. The smallest absolute Gasteiger partial charge is 0.00978 e. The van der Waals surface area contributed by atoms with Crippen molar-refractivity contribution in [3.63, 3.8) is 0 Å². The van der Waals surface area contributed by atoms with Crippen LogP contribution in [0.3, 0.4) is 0 Å². The number of rotatable bonds is 1. The van der Waals surface area contributed by atoms with Gasteiger partial charge in [-0.2, -0.15) is 0 Å². The highest BCUT2D eigenvalue weighted by Gasteiger charge is 2.43. The third-order valence-electron chi connectivity index (χ3n) is 7.38. The van der Waals surface area contributed by atoms with Crippen molar-refractivity contribution in [2.45, 2.75) is 104 Å². The Kier molecular flexibility index (Phi) is 5.73. The highest BCUT2D eigenvalue weighted by Crippen LogP contribution is 2.49. The molecule has 2 saturated carbocycles. The number of nitrogens with one attached hydrogen (secondary N) is 2. The van der Waals surface area contributed by atoms with E-state index in [9.17, 15) is 0 Å². The molecule has 2 saturated heterocycles. The van der Waals surface area contributed by atoms with Crippen molar-refractivity contribution in [1.82, 2.24) is 10.6 Å². The SMILES string of the molecule is CC1CC2(CCC(C(C)C)C2)CN1.CC1CCC2CCCC2N1. The summed E-state index contributed by atoms with van der Waals surface area (Å²) < 4.78 is 0. The zero-order chi connectivity index (χ0) is 16.4. The summed E-state index contributed by atoms with van der Waals surface area (Å²) in [5, 5.41) is 7.29. The van der Waals surface area contributed by atoms with Gasteiger partial charge in [0, 0.05) is 24.7 Å². The highest BCUT2D eigenvalue weighted by atomic mass is 15.0. The molecule has 0 amide bonds. The third-order valence-corrected chi connectivity index (χ3v) is 7.38. The van der Waals surface area contributed by atoms with Gasteiger partial charge in [-0.1, -0.05) is 20.3 Å². The van der Waals surface area contributed by atoms with Gasteiger partial charge >= 0.3 is 0 Å². The summed E-state index contributed by atoms with van der Waals surface area (Å²) in [4.78, 5) is 0. The Balaban J connectivity index is 0.000000140. The van der Waals surface area contributed by atoms with Gasteiger partial charge in [-0.05, 0) is 88.4 Å². The number of piperidine rings is 1. The summed E-state index contributed by atoms with van der Waals surface area (Å²) in [6.45, 7) is 10.7. The first-order valence-corrected chi connectivity index (χ1v) is 10.5. The van der Waals surface area contributed by atoms with Crippen LogP contribution >= 0.6 is 0 Å². The lowest BCUT2D eigenvalue weighted by Crippen LogP contribution is -2.43. The van der Waals surface area contributed by atoms with Gasteiger partial charge in [-0.15, -0.1) is 0 Å². The van der Waals surface area contributed by atoms with Crippen LogP contribution in [0.4, 0.5) is 0 Å². The molecule has 4 fully saturated rings. The van der Waals surface area contributed by atoms with Crippen molar-refractivity contribution in [2.75, 3.05) is 6.54 Å². The Bertz CT molecular complexity index is 380. The number of hydrogen-bond donors (Lipinski definition) is 2. The molecule has 4 rings (SSSR count). The third kappa shape index (κ3) is 4.31. The summed E-state index contributed by atoms with van der Waals surface area (Å²) >= 11 is 0. The van der Waals surface area contributed by atoms with E-state index in [1.54, 1.807) is 0 Å². The first-order chi connectivity index (χ1) is 11.0. The zero-order valence-electron chi connectivity index (χ0n) is 16.0. The van der Waals surface area contributed by atoms with Crippen LogP contribution in [0.1, 0.15) is 85.5 Å². The van der Waals surface area contributed by atoms with Crippen molar-refractivity contribution in [2.24, 2.45) is 23.2 Å². The van der Waals surface area contributed by atoms with Crippen LogP contribution in [0.25, 0.3) is 0 Å². The van der Waals surface area contributed by atoms with Crippen molar-refractivity contribution < 1.29 is 0 Å². The quantitative estimate of drug-likeness (QED) is 0.729. The van der Waals surface area contributed by atoms with Crippen LogP contribution in [0.5, 0.6) is 0 Å². The predicted molar refractivity (Wildman–Crippen MR) is 99.7 cm³/mol. The Labute approximate surface area is 144 Å². The molecular weight excluding hydrogens is 280 g/mol. The monoisotopic (exact) mass is 320 g/mol. The van der Waals surface area contributed by atoms with Crippen LogP contribution in [0.15, 0.2) is 0 Å². The fourth-order valence-corrected chi connectivity index (χ4v) is 5.87. The second kappa shape index (κ2) is 7.44. The van der Waals surface area contributed by atoms with Gasteiger partial charge in [0.2, 0.25) is 0 Å². The first-order valence-electron chi connectivity index (χ1n) is 10.5. The highest BCUT2D eigenvalue weighted by molar-refractivity contribution is 4.98. The second-order valence-corrected chi connectivity index (χ2v) is 9.68. The fraction of sp³-hybridized carbons (Fsp3) is 1.00. The van der Waals surface area contributed by atoms with E-state index in [-0.39, 0.29) is 0 Å². The van der Waals surface area contributed by atoms with Gasteiger partial charge in [-0.3, -0.25) is 0 Å². The predicted octanol–water partition coefficient (Wildman–Crippen LogP) is 4.74. The standard InChI is InChI=1S/C12H23N.C9H17N/c1-9(2)11-4-5-12(7-11)6-10(3)13-8-12;1-7-5-6-8-3-2-4-9(8)10-7/h9-11,13H,4-8H2,1-3H3;7-10H,2-6H2,1H3. The van der Waals surface area contributed by atoms with Gasteiger partial charge in [0.25, 0.3) is 0 Å². The number of fused-ring (bicyclic) bond motifs is 1. The largest absolute Gasteiger partial charge is 0.314 e. The Morgan fingerprint density at radius 2 is 1.74 bits per heavy atom. The fourth-order valence-electron chi connectivity index (χ4n) is 5.87. The van der Waals surface area contributed by atoms with Crippen LogP contribution < -0.4 is 10.6 Å². The molecule has 0 aromatic heterocycles. The summed E-state index contributed by atoms with van der Waals surface area (Å²) in [6.07, 6.45) is 13.2. The lowest BCUT2D eigenvalue weighted by atomic mass is 9.81. The minimum absolute atomic E-state index is 0.703. The Hall–Kier alpha value is -0.0800. The molecule has 0 aromatic rings. The van der Waals surface area contributed by atoms with E-state index in [1.807, 2.05) is 0 Å². The molecule has 23 heavy (non-hydrogen) atoms.